The van der Waals surface area contributed by atoms with Crippen molar-refractivity contribution in [2.45, 2.75) is 63.2 Å². The molecule has 208 valence electrons. The number of aryl methyl sites for hydroxylation is 1. The van der Waals surface area contributed by atoms with Crippen LogP contribution in [0, 0.1) is 11.8 Å². The number of Topliss-reactive ketones (excluding diaryl/α,β-unsaturated/α-hetero) is 1. The number of ketones is 1. The molecule has 0 unspecified atom stereocenters. The molecule has 1 spiro atoms. The van der Waals surface area contributed by atoms with Crippen LogP contribution in [0.25, 0.3) is 0 Å². The number of carbonyl (C=O) groups excluding carboxylic acids is 2. The van der Waals surface area contributed by atoms with Gasteiger partial charge < -0.3 is 9.64 Å². The van der Waals surface area contributed by atoms with E-state index in [2.05, 4.69) is 21.8 Å². The molecule has 9 heteroatoms. The summed E-state index contributed by atoms with van der Waals surface area (Å²) in [5.41, 5.74) is 3.31. The highest BCUT2D eigenvalue weighted by atomic mass is 35.5. The van der Waals surface area contributed by atoms with Gasteiger partial charge in [-0.05, 0) is 92.3 Å². The number of rotatable bonds is 0. The van der Waals surface area contributed by atoms with Gasteiger partial charge in [-0.1, -0.05) is 24.1 Å². The SMILES string of the molecule is O=C1NS(=O)(=O)CCCCCC(=O)[C@@H]2CC[C@H]2CN2C[C@@]3(CCCc4cc(Cl)ccc43)COc3ccc1cc32. The number of nitrogens with zero attached hydrogens (tertiary/aromatic N) is 1. The second kappa shape index (κ2) is 10.4. The smallest absolute Gasteiger partial charge is 0.264 e. The summed E-state index contributed by atoms with van der Waals surface area (Å²) < 4.78 is 33.9. The zero-order chi connectivity index (χ0) is 27.2. The monoisotopic (exact) mass is 570 g/mol. The van der Waals surface area contributed by atoms with Gasteiger partial charge in [0.15, 0.2) is 0 Å². The largest absolute Gasteiger partial charge is 0.490 e. The molecule has 1 saturated carbocycles. The van der Waals surface area contributed by atoms with Gasteiger partial charge in [-0.2, -0.15) is 0 Å². The average Bonchev–Trinajstić information content (AvgIpc) is 3.02. The van der Waals surface area contributed by atoms with Gasteiger partial charge in [-0.3, -0.25) is 9.59 Å². The molecule has 39 heavy (non-hydrogen) atoms. The number of amides is 1. The zero-order valence-electron chi connectivity index (χ0n) is 22.1. The van der Waals surface area contributed by atoms with Crippen LogP contribution in [0.1, 0.15) is 72.9 Å². The average molecular weight is 571 g/mol. The minimum Gasteiger partial charge on any atom is -0.490 e. The van der Waals surface area contributed by atoms with Crippen molar-refractivity contribution in [1.29, 1.82) is 0 Å². The number of nitrogens with one attached hydrogen (secondary N) is 1. The summed E-state index contributed by atoms with van der Waals surface area (Å²) in [7, 11) is -3.77. The first-order chi connectivity index (χ1) is 18.7. The molecule has 1 amide bonds. The molecule has 4 aliphatic rings. The lowest BCUT2D eigenvalue weighted by atomic mass is 9.68. The van der Waals surface area contributed by atoms with Crippen LogP contribution in [0.15, 0.2) is 36.4 Å². The number of sulfonamides is 1. The summed E-state index contributed by atoms with van der Waals surface area (Å²) in [6.07, 6.45) is 7.09. The standard InChI is InChI=1S/C30H35ClN2O5S/c31-23-9-11-25-20(15-23)5-4-13-30(25)18-33-17-22-7-10-24(22)27(34)6-2-1-3-14-39(36,37)32-29(35)21-8-12-28(38-19-30)26(33)16-21/h8-9,11-12,15-16,22,24H,1-7,10,13-14,17-19H2,(H,32,35)/t22-,24+,30-/m0/s1. The fraction of sp³-hybridized carbons (Fsp3) is 0.533. The number of halogens is 1. The Bertz CT molecular complexity index is 1410. The van der Waals surface area contributed by atoms with Gasteiger partial charge in [0.25, 0.3) is 5.91 Å². The van der Waals surface area contributed by atoms with Gasteiger partial charge in [-0.15, -0.1) is 0 Å². The second-order valence-electron chi connectivity index (χ2n) is 11.8. The third kappa shape index (κ3) is 5.30. The minimum atomic E-state index is -3.77. The molecule has 6 rings (SSSR count). The van der Waals surface area contributed by atoms with Crippen molar-refractivity contribution in [1.82, 2.24) is 4.72 Å². The summed E-state index contributed by atoms with van der Waals surface area (Å²) in [6.45, 7) is 1.88. The first kappa shape index (κ1) is 26.6. The van der Waals surface area contributed by atoms with E-state index in [1.165, 1.54) is 11.1 Å². The minimum absolute atomic E-state index is 0.0362. The maximum Gasteiger partial charge on any atom is 0.264 e. The molecule has 2 aromatic rings. The molecule has 2 aromatic carbocycles. The van der Waals surface area contributed by atoms with Crippen LogP contribution in [-0.2, 0) is 26.7 Å². The summed E-state index contributed by atoms with van der Waals surface area (Å²) in [5, 5.41) is 0.732. The topological polar surface area (TPSA) is 92.8 Å². The molecule has 2 heterocycles. The van der Waals surface area contributed by atoms with Gasteiger partial charge >= 0.3 is 0 Å². The van der Waals surface area contributed by atoms with Crippen LogP contribution < -0.4 is 14.4 Å². The molecule has 0 radical (unpaired) electrons. The van der Waals surface area contributed by atoms with Crippen molar-refractivity contribution in [2.75, 3.05) is 30.3 Å². The Morgan fingerprint density at radius 3 is 2.69 bits per heavy atom. The molecular formula is C30H35ClN2O5S. The lowest BCUT2D eigenvalue weighted by Gasteiger charge is -2.44. The van der Waals surface area contributed by atoms with Crippen LogP contribution in [0.4, 0.5) is 5.69 Å². The van der Waals surface area contributed by atoms with Gasteiger partial charge in [-0.25, -0.2) is 13.1 Å². The van der Waals surface area contributed by atoms with Gasteiger partial charge in [0.2, 0.25) is 10.0 Å². The maximum atomic E-state index is 13.1. The summed E-state index contributed by atoms with van der Waals surface area (Å²) in [4.78, 5) is 28.5. The normalized spacial score (nSPS) is 28.8. The van der Waals surface area contributed by atoms with Crippen LogP contribution in [-0.4, -0.2) is 45.6 Å². The van der Waals surface area contributed by atoms with Gasteiger partial charge in [0, 0.05) is 41.4 Å². The molecule has 2 aliphatic heterocycles. The quantitative estimate of drug-likeness (QED) is 0.477. The highest BCUT2D eigenvalue weighted by molar-refractivity contribution is 7.90. The molecule has 1 fully saturated rings. The van der Waals surface area contributed by atoms with E-state index >= 15 is 0 Å². The van der Waals surface area contributed by atoms with Crippen LogP contribution in [0.5, 0.6) is 5.75 Å². The van der Waals surface area contributed by atoms with E-state index in [4.69, 9.17) is 16.3 Å². The fourth-order valence-corrected chi connectivity index (χ4v) is 8.24. The number of ether oxygens (including phenoxy) is 1. The molecule has 7 nitrogen and oxygen atoms in total. The highest BCUT2D eigenvalue weighted by Gasteiger charge is 2.44. The van der Waals surface area contributed by atoms with E-state index in [-0.39, 0.29) is 28.6 Å². The van der Waals surface area contributed by atoms with E-state index in [1.54, 1.807) is 18.2 Å². The molecule has 0 aromatic heterocycles. The first-order valence-electron chi connectivity index (χ1n) is 14.1. The third-order valence-electron chi connectivity index (χ3n) is 9.17. The van der Waals surface area contributed by atoms with Crippen molar-refractivity contribution in [3.8, 4) is 5.75 Å². The van der Waals surface area contributed by atoms with E-state index in [0.717, 1.165) is 42.8 Å². The van der Waals surface area contributed by atoms with Crippen molar-refractivity contribution in [2.24, 2.45) is 11.8 Å². The number of hydrogen-bond donors (Lipinski definition) is 1. The molecule has 2 bridgehead atoms. The predicted octanol–water partition coefficient (Wildman–Crippen LogP) is 5.04. The van der Waals surface area contributed by atoms with E-state index in [0.29, 0.717) is 56.9 Å². The summed E-state index contributed by atoms with van der Waals surface area (Å²) >= 11 is 6.36. The Balaban J connectivity index is 1.41. The number of fused-ring (bicyclic) bond motifs is 4. The summed E-state index contributed by atoms with van der Waals surface area (Å²) in [6, 6.07) is 11.3. The Hall–Kier alpha value is -2.58. The van der Waals surface area contributed by atoms with E-state index in [1.807, 2.05) is 6.07 Å². The molecule has 3 atom stereocenters. The van der Waals surface area contributed by atoms with Crippen molar-refractivity contribution < 1.29 is 22.7 Å². The zero-order valence-corrected chi connectivity index (χ0v) is 23.7. The second-order valence-corrected chi connectivity index (χ2v) is 14.0. The highest BCUT2D eigenvalue weighted by Crippen LogP contribution is 2.46. The summed E-state index contributed by atoms with van der Waals surface area (Å²) in [5.74, 6) is 0.495. The number of benzene rings is 2. The Kier molecular flexibility index (Phi) is 7.12. The number of anilines is 1. The Morgan fingerprint density at radius 1 is 1.00 bits per heavy atom. The van der Waals surface area contributed by atoms with E-state index < -0.39 is 15.9 Å². The Labute approximate surface area is 235 Å². The lowest BCUT2D eigenvalue weighted by Crippen LogP contribution is -2.49. The van der Waals surface area contributed by atoms with Crippen LogP contribution in [0.3, 0.4) is 0 Å². The van der Waals surface area contributed by atoms with Crippen LogP contribution in [0.2, 0.25) is 5.02 Å². The van der Waals surface area contributed by atoms with E-state index in [9.17, 15) is 18.0 Å². The van der Waals surface area contributed by atoms with Crippen molar-refractivity contribution >= 4 is 39.0 Å². The predicted molar refractivity (Wildman–Crippen MR) is 151 cm³/mol. The molecule has 1 N–H and O–H groups in total. The van der Waals surface area contributed by atoms with Gasteiger partial charge in [0.05, 0.1) is 18.0 Å². The fourth-order valence-electron chi connectivity index (χ4n) is 6.95. The molecular weight excluding hydrogens is 536 g/mol. The van der Waals surface area contributed by atoms with Crippen LogP contribution >= 0.6 is 11.6 Å². The Morgan fingerprint density at radius 2 is 1.87 bits per heavy atom. The molecule has 2 aliphatic carbocycles. The van der Waals surface area contributed by atoms with Crippen molar-refractivity contribution in [3.05, 3.63) is 58.1 Å². The number of hydrogen-bond acceptors (Lipinski definition) is 6. The first-order valence-corrected chi connectivity index (χ1v) is 16.1. The van der Waals surface area contributed by atoms with Gasteiger partial charge in [0.1, 0.15) is 11.5 Å². The lowest BCUT2D eigenvalue weighted by molar-refractivity contribution is -0.127. The number of carbonyl (C=O) groups is 2. The maximum absolute atomic E-state index is 13.1. The third-order valence-corrected chi connectivity index (χ3v) is 10.7. The van der Waals surface area contributed by atoms with Crippen molar-refractivity contribution in [3.63, 3.8) is 0 Å². The molecule has 0 saturated heterocycles.